The Morgan fingerprint density at radius 3 is 2.86 bits per heavy atom. The molecule has 2 aliphatic rings. The molecule has 1 aromatic carbocycles. The van der Waals surface area contributed by atoms with Crippen molar-refractivity contribution < 1.29 is 0 Å². The molecular weight excluding hydrogens is 292 g/mol. The van der Waals surface area contributed by atoms with Crippen LogP contribution in [0.25, 0.3) is 11.7 Å². The van der Waals surface area contributed by atoms with Crippen LogP contribution in [0.5, 0.6) is 0 Å². The summed E-state index contributed by atoms with van der Waals surface area (Å²) in [6.45, 7) is 4.01. The molecule has 3 N–H and O–H groups in total. The molecule has 2 aliphatic carbocycles. The molecular formula is C19H21ClN2. The number of rotatable bonds is 3. The molecule has 3 rings (SSSR count). The quantitative estimate of drug-likeness (QED) is 0.665. The second-order valence-electron chi connectivity index (χ2n) is 5.74. The van der Waals surface area contributed by atoms with E-state index in [-0.39, 0.29) is 6.17 Å². The third-order valence-corrected chi connectivity index (χ3v) is 4.58. The van der Waals surface area contributed by atoms with Crippen molar-refractivity contribution in [3.63, 3.8) is 0 Å². The summed E-state index contributed by atoms with van der Waals surface area (Å²) in [5, 5.41) is 5.58. The first-order valence-corrected chi connectivity index (χ1v) is 8.09. The first-order valence-electron chi connectivity index (χ1n) is 7.71. The molecule has 22 heavy (non-hydrogen) atoms. The maximum Gasteiger partial charge on any atom is 0.111 e. The second-order valence-corrected chi connectivity index (χ2v) is 6.11. The van der Waals surface area contributed by atoms with E-state index < -0.39 is 0 Å². The van der Waals surface area contributed by atoms with Gasteiger partial charge in [-0.1, -0.05) is 60.7 Å². The molecule has 0 radical (unpaired) electrons. The van der Waals surface area contributed by atoms with Crippen LogP contribution in [-0.4, -0.2) is 6.17 Å². The van der Waals surface area contributed by atoms with E-state index in [9.17, 15) is 0 Å². The Hall–Kier alpha value is -1.77. The van der Waals surface area contributed by atoms with Gasteiger partial charge in [0.15, 0.2) is 0 Å². The zero-order valence-electron chi connectivity index (χ0n) is 12.6. The van der Waals surface area contributed by atoms with Crippen LogP contribution in [0.4, 0.5) is 0 Å². The molecule has 0 bridgehead atoms. The number of halogens is 1. The fourth-order valence-electron chi connectivity index (χ4n) is 3.13. The van der Waals surface area contributed by atoms with Gasteiger partial charge in [0, 0.05) is 5.22 Å². The fourth-order valence-corrected chi connectivity index (χ4v) is 3.43. The van der Waals surface area contributed by atoms with E-state index in [1.54, 1.807) is 0 Å². The molecule has 0 amide bonds. The Balaban J connectivity index is 1.88. The van der Waals surface area contributed by atoms with Crippen molar-refractivity contribution in [2.24, 2.45) is 5.73 Å². The molecule has 0 saturated heterocycles. The topological polar surface area (TPSA) is 38.0 Å². The van der Waals surface area contributed by atoms with Crippen LogP contribution in [-0.2, 0) is 0 Å². The molecule has 1 unspecified atom stereocenters. The lowest BCUT2D eigenvalue weighted by atomic mass is 9.84. The molecule has 0 fully saturated rings. The highest BCUT2D eigenvalue weighted by Gasteiger charge is 2.21. The van der Waals surface area contributed by atoms with Gasteiger partial charge in [-0.2, -0.15) is 0 Å². The van der Waals surface area contributed by atoms with Gasteiger partial charge in [0.1, 0.15) is 11.3 Å². The smallest absolute Gasteiger partial charge is 0.111 e. The van der Waals surface area contributed by atoms with Crippen LogP contribution in [0.15, 0.2) is 59.2 Å². The first-order chi connectivity index (χ1) is 10.7. The minimum atomic E-state index is -0.288. The van der Waals surface area contributed by atoms with Crippen LogP contribution < -0.4 is 21.5 Å². The molecule has 0 aliphatic heterocycles. The number of hydrogen-bond donors (Lipinski definition) is 2. The van der Waals surface area contributed by atoms with Gasteiger partial charge in [-0.3, -0.25) is 0 Å². The van der Waals surface area contributed by atoms with Crippen molar-refractivity contribution in [2.75, 3.05) is 0 Å². The van der Waals surface area contributed by atoms with Crippen molar-refractivity contribution >= 4 is 23.3 Å². The molecule has 1 aromatic rings. The van der Waals surface area contributed by atoms with Gasteiger partial charge in [-0.15, -0.1) is 0 Å². The fraction of sp³-hybridized carbons (Fsp3) is 0.263. The maximum absolute atomic E-state index is 6.43. The van der Waals surface area contributed by atoms with E-state index in [0.29, 0.717) is 5.16 Å². The van der Waals surface area contributed by atoms with Gasteiger partial charge < -0.3 is 11.1 Å². The van der Waals surface area contributed by atoms with Crippen LogP contribution >= 0.6 is 11.6 Å². The molecule has 114 valence electrons. The summed E-state index contributed by atoms with van der Waals surface area (Å²) in [7, 11) is 0. The lowest BCUT2D eigenvalue weighted by Crippen LogP contribution is -2.41. The Morgan fingerprint density at radius 1 is 1.23 bits per heavy atom. The van der Waals surface area contributed by atoms with Crippen LogP contribution in [0.3, 0.4) is 0 Å². The predicted octanol–water partition coefficient (Wildman–Crippen LogP) is 2.64. The van der Waals surface area contributed by atoms with E-state index in [4.69, 9.17) is 17.3 Å². The zero-order valence-corrected chi connectivity index (χ0v) is 13.4. The molecule has 3 heteroatoms. The summed E-state index contributed by atoms with van der Waals surface area (Å²) in [5.41, 5.74) is 10.4. The van der Waals surface area contributed by atoms with Gasteiger partial charge in [0.25, 0.3) is 0 Å². The zero-order chi connectivity index (χ0) is 15.5. The van der Waals surface area contributed by atoms with E-state index in [2.05, 4.69) is 30.1 Å². The SMILES string of the molecule is C=c1cccc/c1=C(\Cl)NC(N)C1=CCCC2=C1CCC=C2. The normalized spacial score (nSPS) is 20.2. The largest absolute Gasteiger partial charge is 0.356 e. The Morgan fingerprint density at radius 2 is 2.05 bits per heavy atom. The second kappa shape index (κ2) is 6.55. The minimum absolute atomic E-state index is 0.288. The molecule has 0 aromatic heterocycles. The van der Waals surface area contributed by atoms with E-state index in [1.165, 1.54) is 16.7 Å². The first kappa shape index (κ1) is 15.1. The monoisotopic (exact) mass is 312 g/mol. The van der Waals surface area contributed by atoms with E-state index in [1.807, 2.05) is 24.3 Å². The summed E-state index contributed by atoms with van der Waals surface area (Å²) in [4.78, 5) is 0. The third-order valence-electron chi connectivity index (χ3n) is 4.27. The predicted molar refractivity (Wildman–Crippen MR) is 94.3 cm³/mol. The van der Waals surface area contributed by atoms with Crippen molar-refractivity contribution in [1.82, 2.24) is 5.32 Å². The molecule has 0 saturated carbocycles. The Bertz CT molecular complexity index is 771. The molecule has 0 spiro atoms. The summed E-state index contributed by atoms with van der Waals surface area (Å²) < 4.78 is 0. The molecule has 2 nitrogen and oxygen atoms in total. The lowest BCUT2D eigenvalue weighted by molar-refractivity contribution is 0.690. The van der Waals surface area contributed by atoms with Crippen molar-refractivity contribution in [3.05, 3.63) is 69.7 Å². The minimum Gasteiger partial charge on any atom is -0.356 e. The lowest BCUT2D eigenvalue weighted by Gasteiger charge is -2.27. The van der Waals surface area contributed by atoms with Gasteiger partial charge in [-0.25, -0.2) is 0 Å². The van der Waals surface area contributed by atoms with Gasteiger partial charge in [0.05, 0.1) is 0 Å². The summed E-state index contributed by atoms with van der Waals surface area (Å²) in [6.07, 6.45) is 10.8. The standard InChI is InChI=1S/C19H21ClN2/c1-13-7-2-4-10-15(13)18(20)22-19(21)17-12-6-9-14-8-3-5-11-16(14)17/h2-4,7-8,10,12,19,22H,1,5-6,9,11,21H2/b18-15-. The summed E-state index contributed by atoms with van der Waals surface area (Å²) >= 11 is 6.43. The van der Waals surface area contributed by atoms with E-state index >= 15 is 0 Å². The number of allylic oxidation sites excluding steroid dienone is 4. The number of nitrogens with two attached hydrogens (primary N) is 1. The molecule has 0 heterocycles. The van der Waals surface area contributed by atoms with Gasteiger partial charge in [0.2, 0.25) is 0 Å². The van der Waals surface area contributed by atoms with Crippen molar-refractivity contribution in [2.45, 2.75) is 31.8 Å². The number of nitrogens with one attached hydrogen (secondary N) is 1. The average molecular weight is 313 g/mol. The van der Waals surface area contributed by atoms with Crippen LogP contribution in [0, 0.1) is 0 Å². The number of benzene rings is 1. The maximum atomic E-state index is 6.43. The van der Waals surface area contributed by atoms with Crippen LogP contribution in [0.2, 0.25) is 0 Å². The highest BCUT2D eigenvalue weighted by molar-refractivity contribution is 6.44. The molecule has 1 atom stereocenters. The summed E-state index contributed by atoms with van der Waals surface area (Å²) in [5.74, 6) is 0. The Kier molecular flexibility index (Phi) is 4.51. The summed E-state index contributed by atoms with van der Waals surface area (Å²) in [6, 6.07) is 7.79. The third kappa shape index (κ3) is 3.03. The van der Waals surface area contributed by atoms with Gasteiger partial charge >= 0.3 is 0 Å². The van der Waals surface area contributed by atoms with Crippen molar-refractivity contribution in [1.29, 1.82) is 0 Å². The van der Waals surface area contributed by atoms with Crippen LogP contribution in [0.1, 0.15) is 25.7 Å². The van der Waals surface area contributed by atoms with Gasteiger partial charge in [-0.05, 0) is 47.6 Å². The Labute approximate surface area is 136 Å². The van der Waals surface area contributed by atoms with E-state index in [0.717, 1.165) is 36.1 Å². The van der Waals surface area contributed by atoms with Crippen molar-refractivity contribution in [3.8, 4) is 0 Å². The number of hydrogen-bond acceptors (Lipinski definition) is 2. The highest BCUT2D eigenvalue weighted by Crippen LogP contribution is 2.33. The average Bonchev–Trinajstić information content (AvgIpc) is 2.54. The highest BCUT2D eigenvalue weighted by atomic mass is 35.5.